The van der Waals surface area contributed by atoms with Gasteiger partial charge in [0.05, 0.1) is 0 Å². The first kappa shape index (κ1) is 10.3. The van der Waals surface area contributed by atoms with Crippen molar-refractivity contribution in [1.29, 1.82) is 0 Å². The number of nitrogen functional groups attached to an aromatic ring is 1. The van der Waals surface area contributed by atoms with Crippen molar-refractivity contribution in [3.05, 3.63) is 12.1 Å². The van der Waals surface area contributed by atoms with Crippen LogP contribution in [0.4, 0.5) is 5.82 Å². The van der Waals surface area contributed by atoms with E-state index in [0.29, 0.717) is 11.1 Å². The number of aromatic nitrogens is 2. The predicted molar refractivity (Wildman–Crippen MR) is 53.5 cm³/mol. The van der Waals surface area contributed by atoms with Crippen LogP contribution < -0.4 is 5.73 Å². The molecule has 72 valence electrons. The third-order valence-electron chi connectivity index (χ3n) is 1.52. The minimum atomic E-state index is 0.205. The number of aliphatic hydroxyl groups is 1. The van der Waals surface area contributed by atoms with Crippen LogP contribution >= 0.6 is 11.8 Å². The van der Waals surface area contributed by atoms with Gasteiger partial charge < -0.3 is 10.8 Å². The molecule has 1 aromatic rings. The van der Waals surface area contributed by atoms with Crippen LogP contribution in [0.1, 0.15) is 13.3 Å². The number of aliphatic hydroxyl groups excluding tert-OH is 1. The van der Waals surface area contributed by atoms with Crippen LogP contribution in [0.25, 0.3) is 0 Å². The molecule has 1 aromatic heterocycles. The van der Waals surface area contributed by atoms with Crippen molar-refractivity contribution in [1.82, 2.24) is 10.2 Å². The van der Waals surface area contributed by atoms with Crippen molar-refractivity contribution >= 4 is 17.6 Å². The highest BCUT2D eigenvalue weighted by molar-refractivity contribution is 7.99. The minimum absolute atomic E-state index is 0.205. The van der Waals surface area contributed by atoms with Crippen molar-refractivity contribution in [2.75, 3.05) is 12.3 Å². The second-order valence-electron chi connectivity index (χ2n) is 2.74. The Bertz CT molecular complexity index is 252. The van der Waals surface area contributed by atoms with Crippen molar-refractivity contribution < 1.29 is 5.11 Å². The number of anilines is 1. The lowest BCUT2D eigenvalue weighted by Crippen LogP contribution is -2.01. The second kappa shape index (κ2) is 5.04. The zero-order chi connectivity index (χ0) is 9.68. The molecule has 4 nitrogen and oxygen atoms in total. The molecular weight excluding hydrogens is 186 g/mol. The topological polar surface area (TPSA) is 72.0 Å². The van der Waals surface area contributed by atoms with Crippen molar-refractivity contribution in [2.45, 2.75) is 23.6 Å². The number of hydrogen-bond donors (Lipinski definition) is 2. The Hall–Kier alpha value is -0.810. The highest BCUT2D eigenvalue weighted by Crippen LogP contribution is 2.22. The zero-order valence-electron chi connectivity index (χ0n) is 7.47. The van der Waals surface area contributed by atoms with Crippen LogP contribution in [-0.2, 0) is 0 Å². The zero-order valence-corrected chi connectivity index (χ0v) is 8.29. The summed E-state index contributed by atoms with van der Waals surface area (Å²) in [7, 11) is 0. The highest BCUT2D eigenvalue weighted by Gasteiger charge is 2.04. The van der Waals surface area contributed by atoms with Gasteiger partial charge in [0.25, 0.3) is 0 Å². The van der Waals surface area contributed by atoms with E-state index in [1.165, 1.54) is 0 Å². The smallest absolute Gasteiger partial charge is 0.146 e. The Labute approximate surface area is 81.6 Å². The fourth-order valence-corrected chi connectivity index (χ4v) is 1.71. The van der Waals surface area contributed by atoms with E-state index in [0.717, 1.165) is 11.4 Å². The Morgan fingerprint density at radius 3 is 2.85 bits per heavy atom. The van der Waals surface area contributed by atoms with Gasteiger partial charge in [-0.05, 0) is 18.6 Å². The summed E-state index contributed by atoms with van der Waals surface area (Å²) in [6, 6.07) is 3.56. The summed E-state index contributed by atoms with van der Waals surface area (Å²) in [6.07, 6.45) is 0.761. The first-order valence-electron chi connectivity index (χ1n) is 4.09. The van der Waals surface area contributed by atoms with Gasteiger partial charge in [-0.3, -0.25) is 0 Å². The third kappa shape index (κ3) is 3.61. The molecular formula is C8H13N3OS. The molecule has 5 heteroatoms. The third-order valence-corrected chi connectivity index (χ3v) is 2.62. The molecule has 0 saturated heterocycles. The highest BCUT2D eigenvalue weighted by atomic mass is 32.2. The Kier molecular flexibility index (Phi) is 3.98. The fraction of sp³-hybridized carbons (Fsp3) is 0.500. The van der Waals surface area contributed by atoms with Crippen LogP contribution in [-0.4, -0.2) is 27.2 Å². The molecule has 0 amide bonds. The van der Waals surface area contributed by atoms with Crippen LogP contribution in [0, 0.1) is 0 Å². The molecule has 3 N–H and O–H groups in total. The van der Waals surface area contributed by atoms with Gasteiger partial charge in [-0.2, -0.15) is 0 Å². The molecule has 0 aromatic carbocycles. The van der Waals surface area contributed by atoms with E-state index in [4.69, 9.17) is 10.8 Å². The van der Waals surface area contributed by atoms with Crippen molar-refractivity contribution in [3.63, 3.8) is 0 Å². The monoisotopic (exact) mass is 199 g/mol. The Balaban J connectivity index is 2.49. The summed E-state index contributed by atoms with van der Waals surface area (Å²) in [5, 5.41) is 17.5. The predicted octanol–water partition coefficient (Wildman–Crippen LogP) is 0.922. The standard InChI is InChI=1S/C8H13N3OS/c1-6(4-5-12)13-8-3-2-7(9)10-11-8/h2-3,6,12H,4-5H2,1H3,(H2,9,10). The van der Waals surface area contributed by atoms with Crippen molar-refractivity contribution in [2.24, 2.45) is 0 Å². The van der Waals surface area contributed by atoms with E-state index in [2.05, 4.69) is 10.2 Å². The molecule has 0 aliphatic carbocycles. The fourth-order valence-electron chi connectivity index (χ4n) is 0.840. The summed E-state index contributed by atoms with van der Waals surface area (Å²) in [5.41, 5.74) is 5.39. The molecule has 0 fully saturated rings. The summed E-state index contributed by atoms with van der Waals surface area (Å²) in [4.78, 5) is 0. The van der Waals surface area contributed by atoms with E-state index in [-0.39, 0.29) is 6.61 Å². The maximum atomic E-state index is 8.69. The van der Waals surface area contributed by atoms with Gasteiger partial charge in [0.1, 0.15) is 10.8 Å². The maximum absolute atomic E-state index is 8.69. The lowest BCUT2D eigenvalue weighted by atomic mass is 10.3. The van der Waals surface area contributed by atoms with E-state index in [9.17, 15) is 0 Å². The van der Waals surface area contributed by atoms with Gasteiger partial charge in [0.15, 0.2) is 0 Å². The molecule has 0 aliphatic rings. The molecule has 0 spiro atoms. The number of nitrogens with two attached hydrogens (primary N) is 1. The van der Waals surface area contributed by atoms with E-state index >= 15 is 0 Å². The van der Waals surface area contributed by atoms with Gasteiger partial charge >= 0.3 is 0 Å². The Morgan fingerprint density at radius 2 is 2.31 bits per heavy atom. The molecule has 0 bridgehead atoms. The maximum Gasteiger partial charge on any atom is 0.146 e. The second-order valence-corrected chi connectivity index (χ2v) is 4.20. The van der Waals surface area contributed by atoms with Gasteiger partial charge in [0.2, 0.25) is 0 Å². The van der Waals surface area contributed by atoms with Gasteiger partial charge in [-0.15, -0.1) is 22.0 Å². The first-order valence-corrected chi connectivity index (χ1v) is 4.97. The van der Waals surface area contributed by atoms with E-state index in [1.54, 1.807) is 17.8 Å². The molecule has 1 unspecified atom stereocenters. The molecule has 0 aliphatic heterocycles. The number of hydrogen-bond acceptors (Lipinski definition) is 5. The molecule has 1 rings (SSSR count). The normalized spacial score (nSPS) is 12.8. The minimum Gasteiger partial charge on any atom is -0.396 e. The average molecular weight is 199 g/mol. The molecule has 13 heavy (non-hydrogen) atoms. The number of thioether (sulfide) groups is 1. The molecule has 0 saturated carbocycles. The largest absolute Gasteiger partial charge is 0.396 e. The van der Waals surface area contributed by atoms with Gasteiger partial charge in [-0.1, -0.05) is 6.92 Å². The van der Waals surface area contributed by atoms with Crippen LogP contribution in [0.2, 0.25) is 0 Å². The lowest BCUT2D eigenvalue weighted by molar-refractivity contribution is 0.289. The van der Waals surface area contributed by atoms with Crippen molar-refractivity contribution in [3.8, 4) is 0 Å². The lowest BCUT2D eigenvalue weighted by Gasteiger charge is -2.07. The van der Waals surface area contributed by atoms with Crippen LogP contribution in [0.5, 0.6) is 0 Å². The van der Waals surface area contributed by atoms with Gasteiger partial charge in [-0.25, -0.2) is 0 Å². The first-order chi connectivity index (χ1) is 6.22. The summed E-state index contributed by atoms with van der Waals surface area (Å²) >= 11 is 1.59. The summed E-state index contributed by atoms with van der Waals surface area (Å²) < 4.78 is 0. The SMILES string of the molecule is CC(CCO)Sc1ccc(N)nn1. The number of rotatable bonds is 4. The van der Waals surface area contributed by atoms with Crippen LogP contribution in [0.3, 0.4) is 0 Å². The molecule has 1 heterocycles. The number of nitrogens with zero attached hydrogens (tertiary/aromatic N) is 2. The average Bonchev–Trinajstić information content (AvgIpc) is 2.09. The quantitative estimate of drug-likeness (QED) is 0.705. The molecule has 0 radical (unpaired) electrons. The Morgan fingerprint density at radius 1 is 1.54 bits per heavy atom. The van der Waals surface area contributed by atoms with Gasteiger partial charge in [0, 0.05) is 11.9 Å². The van der Waals surface area contributed by atoms with E-state index in [1.807, 2.05) is 13.0 Å². The molecule has 1 atom stereocenters. The summed E-state index contributed by atoms with van der Waals surface area (Å²) in [5.74, 6) is 0.430. The van der Waals surface area contributed by atoms with Crippen LogP contribution in [0.15, 0.2) is 17.2 Å². The van der Waals surface area contributed by atoms with E-state index < -0.39 is 0 Å². The summed E-state index contributed by atoms with van der Waals surface area (Å²) in [6.45, 7) is 2.25.